The zero-order valence-electron chi connectivity index (χ0n) is 13.5. The molecule has 0 bridgehead atoms. The van der Waals surface area contributed by atoms with Gasteiger partial charge in [0, 0.05) is 37.8 Å². The molecule has 1 amide bonds. The Bertz CT molecular complexity index is 517. The molecule has 1 fully saturated rings. The van der Waals surface area contributed by atoms with E-state index in [0.29, 0.717) is 12.2 Å². The minimum atomic E-state index is -0.290. The SMILES string of the molecule is CCOC(=O)c1ccc(N2CCN(C(=O)C(C)C)CC2)cc1. The maximum Gasteiger partial charge on any atom is 0.338 e. The van der Waals surface area contributed by atoms with Crippen molar-refractivity contribution in [1.82, 2.24) is 4.90 Å². The van der Waals surface area contributed by atoms with Crippen LogP contribution in [0.5, 0.6) is 0 Å². The summed E-state index contributed by atoms with van der Waals surface area (Å²) < 4.78 is 4.98. The van der Waals surface area contributed by atoms with Crippen LogP contribution >= 0.6 is 0 Å². The van der Waals surface area contributed by atoms with Gasteiger partial charge in [-0.3, -0.25) is 4.79 Å². The summed E-state index contributed by atoms with van der Waals surface area (Å²) in [6, 6.07) is 7.45. The Hall–Kier alpha value is -2.04. The van der Waals surface area contributed by atoms with Crippen molar-refractivity contribution in [1.29, 1.82) is 0 Å². The number of anilines is 1. The van der Waals surface area contributed by atoms with Crippen LogP contribution in [0.4, 0.5) is 5.69 Å². The molecule has 1 aliphatic rings. The fourth-order valence-corrected chi connectivity index (χ4v) is 2.57. The fourth-order valence-electron chi connectivity index (χ4n) is 2.57. The number of benzene rings is 1. The first-order valence-electron chi connectivity index (χ1n) is 7.84. The highest BCUT2D eigenvalue weighted by atomic mass is 16.5. The van der Waals surface area contributed by atoms with Crippen LogP contribution in [0.2, 0.25) is 0 Å². The first-order valence-corrected chi connectivity index (χ1v) is 7.84. The number of carbonyl (C=O) groups excluding carboxylic acids is 2. The molecule has 0 saturated carbocycles. The van der Waals surface area contributed by atoms with Crippen LogP contribution in [0, 0.1) is 5.92 Å². The Morgan fingerprint density at radius 1 is 1.09 bits per heavy atom. The van der Waals surface area contributed by atoms with Crippen LogP contribution in [0.25, 0.3) is 0 Å². The molecule has 22 heavy (non-hydrogen) atoms. The van der Waals surface area contributed by atoms with Crippen molar-refractivity contribution < 1.29 is 14.3 Å². The highest BCUT2D eigenvalue weighted by Gasteiger charge is 2.23. The first-order chi connectivity index (χ1) is 10.5. The second-order valence-electron chi connectivity index (χ2n) is 5.73. The highest BCUT2D eigenvalue weighted by Crippen LogP contribution is 2.18. The molecule has 0 aromatic heterocycles. The van der Waals surface area contributed by atoms with Crippen LogP contribution in [-0.4, -0.2) is 49.6 Å². The number of esters is 1. The van der Waals surface area contributed by atoms with Crippen LogP contribution in [0.1, 0.15) is 31.1 Å². The van der Waals surface area contributed by atoms with Crippen LogP contribution in [-0.2, 0) is 9.53 Å². The first kappa shape index (κ1) is 16.3. The Kier molecular flexibility index (Phi) is 5.41. The third kappa shape index (κ3) is 3.78. The smallest absolute Gasteiger partial charge is 0.338 e. The summed E-state index contributed by atoms with van der Waals surface area (Å²) >= 11 is 0. The van der Waals surface area contributed by atoms with Gasteiger partial charge in [0.1, 0.15) is 0 Å². The van der Waals surface area contributed by atoms with Crippen molar-refractivity contribution in [2.24, 2.45) is 5.92 Å². The van der Waals surface area contributed by atoms with Gasteiger partial charge in [-0.25, -0.2) is 4.79 Å². The van der Waals surface area contributed by atoms with E-state index in [1.165, 1.54) is 0 Å². The number of nitrogens with zero attached hydrogens (tertiary/aromatic N) is 2. The normalized spacial score (nSPS) is 15.1. The number of amides is 1. The van der Waals surface area contributed by atoms with E-state index in [9.17, 15) is 9.59 Å². The van der Waals surface area contributed by atoms with Crippen molar-refractivity contribution in [2.75, 3.05) is 37.7 Å². The average Bonchev–Trinajstić information content (AvgIpc) is 2.54. The van der Waals surface area contributed by atoms with E-state index in [1.807, 2.05) is 30.9 Å². The van der Waals surface area contributed by atoms with Gasteiger partial charge in [-0.15, -0.1) is 0 Å². The van der Waals surface area contributed by atoms with Crippen molar-refractivity contribution in [3.05, 3.63) is 29.8 Å². The lowest BCUT2D eigenvalue weighted by Gasteiger charge is -2.36. The molecular weight excluding hydrogens is 280 g/mol. The predicted octanol–water partition coefficient (Wildman–Crippen LogP) is 2.17. The Morgan fingerprint density at radius 3 is 2.18 bits per heavy atom. The summed E-state index contributed by atoms with van der Waals surface area (Å²) in [5.74, 6) is -0.0193. The number of ether oxygens (including phenoxy) is 1. The van der Waals surface area contributed by atoms with Crippen LogP contribution < -0.4 is 4.90 Å². The Labute approximate surface area is 131 Å². The maximum atomic E-state index is 12.0. The van der Waals surface area contributed by atoms with E-state index in [0.717, 1.165) is 31.9 Å². The van der Waals surface area contributed by atoms with E-state index < -0.39 is 0 Å². The monoisotopic (exact) mass is 304 g/mol. The molecular formula is C17H24N2O3. The molecule has 1 aromatic rings. The van der Waals surface area contributed by atoms with Gasteiger partial charge >= 0.3 is 5.97 Å². The zero-order valence-corrected chi connectivity index (χ0v) is 13.5. The molecule has 5 heteroatoms. The minimum Gasteiger partial charge on any atom is -0.462 e. The Balaban J connectivity index is 1.94. The van der Waals surface area contributed by atoms with Gasteiger partial charge in [-0.05, 0) is 31.2 Å². The Morgan fingerprint density at radius 2 is 1.68 bits per heavy atom. The van der Waals surface area contributed by atoms with Gasteiger partial charge in [0.2, 0.25) is 5.91 Å². The summed E-state index contributed by atoms with van der Waals surface area (Å²) in [6.45, 7) is 9.17. The number of rotatable bonds is 4. The van der Waals surface area contributed by atoms with Gasteiger partial charge in [0.15, 0.2) is 0 Å². The summed E-state index contributed by atoms with van der Waals surface area (Å²) in [7, 11) is 0. The lowest BCUT2D eigenvalue weighted by Crippen LogP contribution is -2.49. The van der Waals surface area contributed by atoms with Crippen LogP contribution in [0.3, 0.4) is 0 Å². The molecule has 1 aliphatic heterocycles. The summed E-state index contributed by atoms with van der Waals surface area (Å²) in [4.78, 5) is 27.8. The molecule has 120 valence electrons. The number of carbonyl (C=O) groups is 2. The van der Waals surface area contributed by atoms with Crippen molar-refractivity contribution in [2.45, 2.75) is 20.8 Å². The second kappa shape index (κ2) is 7.29. The number of hydrogen-bond acceptors (Lipinski definition) is 4. The number of piperazine rings is 1. The van der Waals surface area contributed by atoms with E-state index in [1.54, 1.807) is 19.1 Å². The van der Waals surface area contributed by atoms with Gasteiger partial charge < -0.3 is 14.5 Å². The van der Waals surface area contributed by atoms with Crippen molar-refractivity contribution in [3.63, 3.8) is 0 Å². The predicted molar refractivity (Wildman–Crippen MR) is 86.0 cm³/mol. The maximum absolute atomic E-state index is 12.0. The summed E-state index contributed by atoms with van der Waals surface area (Å²) in [5, 5.41) is 0. The van der Waals surface area contributed by atoms with E-state index in [2.05, 4.69) is 4.90 Å². The molecule has 0 radical (unpaired) electrons. The highest BCUT2D eigenvalue weighted by molar-refractivity contribution is 5.89. The minimum absolute atomic E-state index is 0.0513. The average molecular weight is 304 g/mol. The summed E-state index contributed by atoms with van der Waals surface area (Å²) in [6.07, 6.45) is 0. The van der Waals surface area contributed by atoms with Gasteiger partial charge in [0.25, 0.3) is 0 Å². The molecule has 1 saturated heterocycles. The molecule has 1 aromatic carbocycles. The number of hydrogen-bond donors (Lipinski definition) is 0. The van der Waals surface area contributed by atoms with Gasteiger partial charge in [0.05, 0.1) is 12.2 Å². The second-order valence-corrected chi connectivity index (χ2v) is 5.73. The molecule has 0 aliphatic carbocycles. The van der Waals surface area contributed by atoms with Gasteiger partial charge in [-0.2, -0.15) is 0 Å². The molecule has 2 rings (SSSR count). The quantitative estimate of drug-likeness (QED) is 0.800. The summed E-state index contributed by atoms with van der Waals surface area (Å²) in [5.41, 5.74) is 1.64. The lowest BCUT2D eigenvalue weighted by molar-refractivity contribution is -0.134. The van der Waals surface area contributed by atoms with E-state index in [4.69, 9.17) is 4.74 Å². The fraction of sp³-hybridized carbons (Fsp3) is 0.529. The molecule has 0 unspecified atom stereocenters. The standard InChI is InChI=1S/C17H24N2O3/c1-4-22-17(21)14-5-7-15(8-6-14)18-9-11-19(12-10-18)16(20)13(2)3/h5-8,13H,4,9-12H2,1-3H3. The lowest BCUT2D eigenvalue weighted by atomic mass is 10.1. The van der Waals surface area contributed by atoms with Crippen molar-refractivity contribution >= 4 is 17.6 Å². The van der Waals surface area contributed by atoms with Gasteiger partial charge in [-0.1, -0.05) is 13.8 Å². The zero-order chi connectivity index (χ0) is 16.1. The molecule has 0 atom stereocenters. The topological polar surface area (TPSA) is 49.9 Å². The molecule has 5 nitrogen and oxygen atoms in total. The largest absolute Gasteiger partial charge is 0.462 e. The molecule has 0 N–H and O–H groups in total. The van der Waals surface area contributed by atoms with E-state index >= 15 is 0 Å². The molecule has 1 heterocycles. The third-order valence-corrected chi connectivity index (χ3v) is 3.83. The van der Waals surface area contributed by atoms with Crippen LogP contribution in [0.15, 0.2) is 24.3 Å². The van der Waals surface area contributed by atoms with E-state index in [-0.39, 0.29) is 17.8 Å². The molecule has 0 spiro atoms. The van der Waals surface area contributed by atoms with Crippen molar-refractivity contribution in [3.8, 4) is 0 Å². The third-order valence-electron chi connectivity index (χ3n) is 3.83.